The molecular weight excluding hydrogens is 243 g/mol. The molecule has 1 aliphatic rings. The fraction of sp³-hybridized carbons (Fsp3) is 0.182. The fourth-order valence-corrected chi connectivity index (χ4v) is 3.59. The zero-order valence-corrected chi connectivity index (χ0v) is 9.28. The number of rotatable bonds is 2. The quantitative estimate of drug-likeness (QED) is 0.801. The van der Waals surface area contributed by atoms with Crippen LogP contribution in [0.25, 0.3) is 6.08 Å². The number of hydrogen-bond acceptors (Lipinski definition) is 1. The van der Waals surface area contributed by atoms with E-state index in [0.717, 1.165) is 10.9 Å². The average Bonchev–Trinajstić information content (AvgIpc) is 2.18. The van der Waals surface area contributed by atoms with Gasteiger partial charge in [-0.1, -0.05) is 0 Å². The molecule has 3 heteroatoms. The molecule has 1 aromatic rings. The molecule has 0 bridgehead atoms. The van der Waals surface area contributed by atoms with Crippen LogP contribution in [0.15, 0.2) is 24.3 Å². The van der Waals surface area contributed by atoms with Crippen LogP contribution in [0, 0.1) is 0 Å². The Labute approximate surface area is 88.8 Å². The molecule has 1 N–H and O–H groups in total. The molecule has 1 aliphatic heterocycles. The van der Waals surface area contributed by atoms with Gasteiger partial charge in [-0.25, -0.2) is 0 Å². The first kappa shape index (κ1) is 9.50. The number of aliphatic carboxylic acids is 1. The van der Waals surface area contributed by atoms with Gasteiger partial charge in [0.15, 0.2) is 0 Å². The number of allylic oxidation sites excluding steroid dienone is 1. The minimum absolute atomic E-state index is 0.152. The summed E-state index contributed by atoms with van der Waals surface area (Å²) >= 11 is 0.413. The van der Waals surface area contributed by atoms with Crippen molar-refractivity contribution in [2.75, 3.05) is 0 Å². The molecule has 0 aromatic heterocycles. The molecule has 0 unspecified atom stereocenters. The molecule has 2 rings (SSSR count). The summed E-state index contributed by atoms with van der Waals surface area (Å²) in [4.78, 5) is 10.6. The number of fused-ring (bicyclic) bond motifs is 1. The Kier molecular flexibility index (Phi) is 2.71. The van der Waals surface area contributed by atoms with Crippen molar-refractivity contribution in [1.82, 2.24) is 0 Å². The third-order valence-corrected chi connectivity index (χ3v) is 4.49. The molecular formula is C11H10O2Se. The van der Waals surface area contributed by atoms with Gasteiger partial charge < -0.3 is 0 Å². The first-order valence-electron chi connectivity index (χ1n) is 4.40. The van der Waals surface area contributed by atoms with Gasteiger partial charge in [0.25, 0.3) is 0 Å². The second kappa shape index (κ2) is 3.99. The monoisotopic (exact) mass is 254 g/mol. The van der Waals surface area contributed by atoms with Crippen LogP contribution in [0.4, 0.5) is 0 Å². The maximum atomic E-state index is 10.6. The summed E-state index contributed by atoms with van der Waals surface area (Å²) in [6, 6.07) is 5.91. The van der Waals surface area contributed by atoms with E-state index in [9.17, 15) is 4.79 Å². The number of carboxylic acids is 1. The Hall–Kier alpha value is -1.05. The molecule has 14 heavy (non-hydrogen) atoms. The first-order chi connectivity index (χ1) is 6.77. The first-order valence-corrected chi connectivity index (χ1v) is 6.47. The van der Waals surface area contributed by atoms with Crippen LogP contribution in [0.5, 0.6) is 0 Å². The van der Waals surface area contributed by atoms with Gasteiger partial charge in [0.05, 0.1) is 0 Å². The van der Waals surface area contributed by atoms with Gasteiger partial charge in [-0.2, -0.15) is 0 Å². The maximum absolute atomic E-state index is 10.6. The Morgan fingerprint density at radius 3 is 3.14 bits per heavy atom. The standard InChI is InChI=1S/C11H10O2Se/c12-10(13)7-9-4-1-3-8-5-2-6-14-11(8)9/h1-5H,6-7H2,(H,12,13). The van der Waals surface area contributed by atoms with Crippen molar-refractivity contribution in [1.29, 1.82) is 0 Å². The summed E-state index contributed by atoms with van der Waals surface area (Å²) in [6.07, 6.45) is 4.40. The molecule has 2 nitrogen and oxygen atoms in total. The normalized spacial score (nSPS) is 13.7. The van der Waals surface area contributed by atoms with E-state index in [4.69, 9.17) is 5.11 Å². The molecule has 0 fully saturated rings. The molecule has 0 saturated carbocycles. The molecule has 0 saturated heterocycles. The van der Waals surface area contributed by atoms with Gasteiger partial charge in [0.2, 0.25) is 0 Å². The predicted molar refractivity (Wildman–Crippen MR) is 57.0 cm³/mol. The summed E-state index contributed by atoms with van der Waals surface area (Å²) < 4.78 is 1.27. The number of carboxylic acid groups (broad SMARTS) is 1. The van der Waals surface area contributed by atoms with E-state index in [-0.39, 0.29) is 6.42 Å². The van der Waals surface area contributed by atoms with E-state index in [1.54, 1.807) is 0 Å². The van der Waals surface area contributed by atoms with Crippen molar-refractivity contribution in [3.8, 4) is 0 Å². The molecule has 0 atom stereocenters. The zero-order chi connectivity index (χ0) is 9.97. The molecule has 0 amide bonds. The van der Waals surface area contributed by atoms with E-state index in [2.05, 4.69) is 18.2 Å². The number of hydrogen-bond donors (Lipinski definition) is 1. The third-order valence-electron chi connectivity index (χ3n) is 2.09. The third kappa shape index (κ3) is 1.89. The van der Waals surface area contributed by atoms with Crippen molar-refractivity contribution >= 4 is 31.5 Å². The molecule has 72 valence electrons. The summed E-state index contributed by atoms with van der Waals surface area (Å²) in [6.45, 7) is 0. The van der Waals surface area contributed by atoms with Crippen molar-refractivity contribution in [3.05, 3.63) is 35.4 Å². The van der Waals surface area contributed by atoms with Crippen molar-refractivity contribution in [2.45, 2.75) is 11.7 Å². The SMILES string of the molecule is O=C(O)Cc1cccc2c1[Se]CC=C2. The summed E-state index contributed by atoms with van der Waals surface area (Å²) in [5.41, 5.74) is 2.19. The van der Waals surface area contributed by atoms with Gasteiger partial charge in [0.1, 0.15) is 0 Å². The van der Waals surface area contributed by atoms with Gasteiger partial charge in [-0.05, 0) is 0 Å². The Morgan fingerprint density at radius 1 is 1.50 bits per heavy atom. The number of benzene rings is 1. The molecule has 1 aromatic carbocycles. The molecule has 0 spiro atoms. The van der Waals surface area contributed by atoms with E-state index >= 15 is 0 Å². The summed E-state index contributed by atoms with van der Waals surface area (Å²) in [5, 5.41) is 9.84. The van der Waals surface area contributed by atoms with Crippen LogP contribution in [0.2, 0.25) is 5.32 Å². The Morgan fingerprint density at radius 2 is 2.36 bits per heavy atom. The zero-order valence-electron chi connectivity index (χ0n) is 7.56. The Balaban J connectivity index is 2.41. The van der Waals surface area contributed by atoms with Gasteiger partial charge in [-0.15, -0.1) is 0 Å². The topological polar surface area (TPSA) is 37.3 Å². The van der Waals surface area contributed by atoms with Crippen LogP contribution in [-0.4, -0.2) is 26.0 Å². The Bertz CT molecular complexity index is 396. The van der Waals surface area contributed by atoms with E-state index in [0.29, 0.717) is 15.0 Å². The fourth-order valence-electron chi connectivity index (χ4n) is 1.52. The van der Waals surface area contributed by atoms with Gasteiger partial charge in [-0.3, -0.25) is 0 Å². The van der Waals surface area contributed by atoms with Crippen LogP contribution in [0.1, 0.15) is 11.1 Å². The van der Waals surface area contributed by atoms with Gasteiger partial charge >= 0.3 is 88.5 Å². The van der Waals surface area contributed by atoms with E-state index in [1.165, 1.54) is 10.0 Å². The van der Waals surface area contributed by atoms with E-state index in [1.807, 2.05) is 12.1 Å². The van der Waals surface area contributed by atoms with Crippen LogP contribution in [-0.2, 0) is 11.2 Å². The predicted octanol–water partition coefficient (Wildman–Crippen LogP) is 1.09. The van der Waals surface area contributed by atoms with E-state index < -0.39 is 5.97 Å². The van der Waals surface area contributed by atoms with Crippen molar-refractivity contribution in [3.63, 3.8) is 0 Å². The van der Waals surface area contributed by atoms with Crippen LogP contribution >= 0.6 is 0 Å². The van der Waals surface area contributed by atoms with Crippen LogP contribution in [0.3, 0.4) is 0 Å². The van der Waals surface area contributed by atoms with Crippen molar-refractivity contribution in [2.24, 2.45) is 0 Å². The minimum atomic E-state index is -0.747. The van der Waals surface area contributed by atoms with Gasteiger partial charge in [0, 0.05) is 0 Å². The second-order valence-electron chi connectivity index (χ2n) is 3.12. The number of carbonyl (C=O) groups is 1. The van der Waals surface area contributed by atoms with Crippen molar-refractivity contribution < 1.29 is 9.90 Å². The second-order valence-corrected chi connectivity index (χ2v) is 5.28. The molecule has 1 heterocycles. The molecule has 0 radical (unpaired) electrons. The summed E-state index contributed by atoms with van der Waals surface area (Å²) in [5.74, 6) is -0.747. The van der Waals surface area contributed by atoms with Crippen LogP contribution < -0.4 is 4.46 Å². The summed E-state index contributed by atoms with van der Waals surface area (Å²) in [7, 11) is 0. The average molecular weight is 253 g/mol. The molecule has 0 aliphatic carbocycles.